The van der Waals surface area contributed by atoms with Gasteiger partial charge in [-0.3, -0.25) is 0 Å². The monoisotopic (exact) mass is 220 g/mol. The highest BCUT2D eigenvalue weighted by Crippen LogP contribution is 2.29. The van der Waals surface area contributed by atoms with Gasteiger partial charge in [0.2, 0.25) is 0 Å². The molecule has 1 unspecified atom stereocenters. The average molecular weight is 220 g/mol. The number of hydrogen-bond acceptors (Lipinski definition) is 1. The van der Waals surface area contributed by atoms with Gasteiger partial charge in [-0.1, -0.05) is 13.3 Å². The van der Waals surface area contributed by atoms with E-state index < -0.39 is 0 Å². The predicted octanol–water partition coefficient (Wildman–Crippen LogP) is 3.28. The number of nitrogens with one attached hydrogen (secondary N) is 1. The van der Waals surface area contributed by atoms with E-state index >= 15 is 0 Å². The Morgan fingerprint density at radius 1 is 1.31 bits per heavy atom. The lowest BCUT2D eigenvalue weighted by atomic mass is 10.0. The van der Waals surface area contributed by atoms with Crippen molar-refractivity contribution in [1.82, 2.24) is 9.88 Å². The first-order valence-corrected chi connectivity index (χ1v) is 6.77. The van der Waals surface area contributed by atoms with Gasteiger partial charge in [-0.05, 0) is 50.3 Å². The van der Waals surface area contributed by atoms with Gasteiger partial charge in [0.15, 0.2) is 0 Å². The number of aryl methyl sites for hydroxylation is 2. The van der Waals surface area contributed by atoms with Gasteiger partial charge in [0.05, 0.1) is 0 Å². The third-order valence-corrected chi connectivity index (χ3v) is 3.57. The molecule has 0 fully saturated rings. The van der Waals surface area contributed by atoms with Crippen LogP contribution in [0.5, 0.6) is 0 Å². The third kappa shape index (κ3) is 2.49. The second-order valence-corrected chi connectivity index (χ2v) is 4.82. The van der Waals surface area contributed by atoms with E-state index in [-0.39, 0.29) is 0 Å². The van der Waals surface area contributed by atoms with Crippen molar-refractivity contribution in [3.8, 4) is 0 Å². The third-order valence-electron chi connectivity index (χ3n) is 3.57. The lowest BCUT2D eigenvalue weighted by Gasteiger charge is -2.16. The van der Waals surface area contributed by atoms with E-state index in [1.54, 1.807) is 11.1 Å². The Morgan fingerprint density at radius 2 is 2.19 bits per heavy atom. The van der Waals surface area contributed by atoms with Crippen LogP contribution in [0, 0.1) is 0 Å². The van der Waals surface area contributed by atoms with Gasteiger partial charge in [0.25, 0.3) is 0 Å². The van der Waals surface area contributed by atoms with E-state index in [0.29, 0.717) is 6.04 Å². The first-order chi connectivity index (χ1) is 7.85. The van der Waals surface area contributed by atoms with Crippen LogP contribution in [0.15, 0.2) is 12.4 Å². The molecule has 1 N–H and O–H groups in total. The molecule has 2 nitrogen and oxygen atoms in total. The molecule has 1 aromatic rings. The molecule has 1 atom stereocenters. The number of hydrogen-bond donors (Lipinski definition) is 1. The molecular weight excluding hydrogens is 196 g/mol. The fourth-order valence-corrected chi connectivity index (χ4v) is 2.63. The van der Waals surface area contributed by atoms with Crippen molar-refractivity contribution in [3.05, 3.63) is 23.5 Å². The van der Waals surface area contributed by atoms with E-state index in [9.17, 15) is 0 Å². The minimum Gasteiger partial charge on any atom is -0.354 e. The largest absolute Gasteiger partial charge is 0.354 e. The smallest absolute Gasteiger partial charge is 0.0338 e. The number of nitrogens with zero attached hydrogens (tertiary/aromatic N) is 1. The molecule has 1 heterocycles. The molecule has 0 saturated heterocycles. The van der Waals surface area contributed by atoms with Crippen molar-refractivity contribution in [2.75, 3.05) is 6.54 Å². The fourth-order valence-electron chi connectivity index (χ4n) is 2.63. The summed E-state index contributed by atoms with van der Waals surface area (Å²) in [6.45, 7) is 6.69. The first kappa shape index (κ1) is 11.7. The average Bonchev–Trinajstić information content (AvgIpc) is 2.63. The molecule has 90 valence electrons. The summed E-state index contributed by atoms with van der Waals surface area (Å²) >= 11 is 0. The van der Waals surface area contributed by atoms with Crippen LogP contribution in [0.1, 0.15) is 56.7 Å². The van der Waals surface area contributed by atoms with Crippen molar-refractivity contribution in [1.29, 1.82) is 0 Å². The quantitative estimate of drug-likeness (QED) is 0.771. The SMILES string of the molecule is CCCNC1CCCCc2cn(CC)cc21. The normalized spacial score (nSPS) is 20.5. The summed E-state index contributed by atoms with van der Waals surface area (Å²) in [6.07, 6.45) is 11.2. The highest BCUT2D eigenvalue weighted by atomic mass is 15.0. The lowest BCUT2D eigenvalue weighted by molar-refractivity contribution is 0.488. The van der Waals surface area contributed by atoms with Crippen LogP contribution in [-0.4, -0.2) is 11.1 Å². The van der Waals surface area contributed by atoms with Crippen LogP contribution in [0.3, 0.4) is 0 Å². The van der Waals surface area contributed by atoms with Gasteiger partial charge in [-0.15, -0.1) is 0 Å². The van der Waals surface area contributed by atoms with Crippen molar-refractivity contribution < 1.29 is 0 Å². The maximum absolute atomic E-state index is 3.69. The second-order valence-electron chi connectivity index (χ2n) is 4.82. The van der Waals surface area contributed by atoms with Gasteiger partial charge in [0.1, 0.15) is 0 Å². The molecule has 0 aromatic carbocycles. The topological polar surface area (TPSA) is 17.0 Å². The van der Waals surface area contributed by atoms with Gasteiger partial charge in [-0.25, -0.2) is 0 Å². The van der Waals surface area contributed by atoms with E-state index in [2.05, 4.69) is 36.1 Å². The summed E-state index contributed by atoms with van der Waals surface area (Å²) in [5.74, 6) is 0. The molecule has 0 bridgehead atoms. The zero-order valence-corrected chi connectivity index (χ0v) is 10.6. The Balaban J connectivity index is 2.17. The van der Waals surface area contributed by atoms with E-state index in [1.165, 1.54) is 32.1 Å². The van der Waals surface area contributed by atoms with Crippen LogP contribution in [0.4, 0.5) is 0 Å². The van der Waals surface area contributed by atoms with Crippen LogP contribution >= 0.6 is 0 Å². The zero-order valence-electron chi connectivity index (χ0n) is 10.6. The summed E-state index contributed by atoms with van der Waals surface area (Å²) < 4.78 is 2.33. The van der Waals surface area contributed by atoms with Crippen LogP contribution < -0.4 is 5.32 Å². The van der Waals surface area contributed by atoms with Crippen LogP contribution in [0.2, 0.25) is 0 Å². The first-order valence-electron chi connectivity index (χ1n) is 6.77. The number of aromatic nitrogens is 1. The van der Waals surface area contributed by atoms with E-state index in [1.807, 2.05) is 0 Å². The molecular formula is C14H24N2. The van der Waals surface area contributed by atoms with Gasteiger partial charge in [-0.2, -0.15) is 0 Å². The molecule has 1 aliphatic carbocycles. The van der Waals surface area contributed by atoms with Crippen molar-refractivity contribution >= 4 is 0 Å². The maximum Gasteiger partial charge on any atom is 0.0338 e. The number of fused-ring (bicyclic) bond motifs is 1. The second kappa shape index (κ2) is 5.53. The van der Waals surface area contributed by atoms with Crippen molar-refractivity contribution in [2.45, 2.75) is 58.5 Å². The van der Waals surface area contributed by atoms with Crippen molar-refractivity contribution in [3.63, 3.8) is 0 Å². The standard InChI is InChI=1S/C14H24N2/c1-3-9-15-14-8-6-5-7-12-10-16(4-2)11-13(12)14/h10-11,14-15H,3-9H2,1-2H3. The molecule has 1 aliphatic rings. The van der Waals surface area contributed by atoms with Crippen LogP contribution in [0.25, 0.3) is 0 Å². The molecule has 16 heavy (non-hydrogen) atoms. The number of rotatable bonds is 4. The van der Waals surface area contributed by atoms with Gasteiger partial charge in [0, 0.05) is 25.0 Å². The Hall–Kier alpha value is -0.760. The fraction of sp³-hybridized carbons (Fsp3) is 0.714. The summed E-state index contributed by atoms with van der Waals surface area (Å²) in [6, 6.07) is 0.602. The molecule has 0 amide bonds. The minimum absolute atomic E-state index is 0.602. The Bertz CT molecular complexity index is 327. The highest BCUT2D eigenvalue weighted by molar-refractivity contribution is 5.29. The molecule has 0 aliphatic heterocycles. The molecule has 0 spiro atoms. The minimum atomic E-state index is 0.602. The Morgan fingerprint density at radius 3 is 2.94 bits per heavy atom. The zero-order chi connectivity index (χ0) is 11.4. The molecule has 2 rings (SSSR count). The summed E-state index contributed by atoms with van der Waals surface area (Å²) in [5, 5.41) is 3.69. The maximum atomic E-state index is 3.69. The summed E-state index contributed by atoms with van der Waals surface area (Å²) in [4.78, 5) is 0. The summed E-state index contributed by atoms with van der Waals surface area (Å²) in [5.41, 5.74) is 3.14. The Labute approximate surface area is 99.0 Å². The lowest BCUT2D eigenvalue weighted by Crippen LogP contribution is -2.21. The molecule has 2 heteroatoms. The van der Waals surface area contributed by atoms with Gasteiger partial charge < -0.3 is 9.88 Å². The van der Waals surface area contributed by atoms with Crippen molar-refractivity contribution in [2.24, 2.45) is 0 Å². The summed E-state index contributed by atoms with van der Waals surface area (Å²) in [7, 11) is 0. The van der Waals surface area contributed by atoms with E-state index in [4.69, 9.17) is 0 Å². The highest BCUT2D eigenvalue weighted by Gasteiger charge is 2.19. The van der Waals surface area contributed by atoms with E-state index in [0.717, 1.165) is 13.1 Å². The predicted molar refractivity (Wildman–Crippen MR) is 68.7 cm³/mol. The Kier molecular flexibility index (Phi) is 4.05. The van der Waals surface area contributed by atoms with Crippen LogP contribution in [-0.2, 0) is 13.0 Å². The molecule has 0 saturated carbocycles. The molecule has 0 radical (unpaired) electrons. The van der Waals surface area contributed by atoms with Gasteiger partial charge >= 0.3 is 0 Å². The molecule has 1 aromatic heterocycles.